The maximum Gasteiger partial charge on any atom is 0.236 e. The van der Waals surface area contributed by atoms with Crippen molar-refractivity contribution in [2.75, 3.05) is 20.7 Å². The highest BCUT2D eigenvalue weighted by atomic mass is 16.5. The number of hydrogen-bond donors (Lipinski definition) is 2. The maximum absolute atomic E-state index is 11.7. The average molecular weight is 262 g/mol. The van der Waals surface area contributed by atoms with E-state index in [1.54, 1.807) is 14.2 Å². The topological polar surface area (TPSA) is 50.4 Å². The Kier molecular flexibility index (Phi) is 4.80. The van der Waals surface area contributed by atoms with Crippen LogP contribution in [0.3, 0.4) is 0 Å². The molecule has 1 fully saturated rings. The van der Waals surface area contributed by atoms with Gasteiger partial charge in [-0.1, -0.05) is 12.1 Å². The smallest absolute Gasteiger partial charge is 0.236 e. The minimum absolute atomic E-state index is 0.0469. The molecule has 1 aliphatic heterocycles. The van der Waals surface area contributed by atoms with Crippen LogP contribution < -0.4 is 15.4 Å². The highest BCUT2D eigenvalue weighted by molar-refractivity contribution is 5.81. The SMILES string of the molecule is CNC(=O)C1CC(Cc2cccc(OC)c2)CCN1. The Morgan fingerprint density at radius 1 is 1.53 bits per heavy atom. The van der Waals surface area contributed by atoms with Crippen LogP contribution >= 0.6 is 0 Å². The third-order valence-corrected chi connectivity index (χ3v) is 3.73. The molecule has 1 saturated heterocycles. The van der Waals surface area contributed by atoms with Gasteiger partial charge in [0, 0.05) is 7.05 Å². The zero-order valence-electron chi connectivity index (χ0n) is 11.6. The molecule has 2 unspecified atom stereocenters. The van der Waals surface area contributed by atoms with Crippen LogP contribution in [-0.2, 0) is 11.2 Å². The van der Waals surface area contributed by atoms with E-state index in [2.05, 4.69) is 22.8 Å². The molecule has 0 aliphatic carbocycles. The van der Waals surface area contributed by atoms with Crippen LogP contribution in [0.5, 0.6) is 5.75 Å². The molecule has 2 rings (SSSR count). The van der Waals surface area contributed by atoms with Gasteiger partial charge in [0.15, 0.2) is 0 Å². The summed E-state index contributed by atoms with van der Waals surface area (Å²) in [6, 6.07) is 8.13. The van der Waals surface area contributed by atoms with Crippen molar-refractivity contribution in [1.82, 2.24) is 10.6 Å². The van der Waals surface area contributed by atoms with Crippen LogP contribution in [0.1, 0.15) is 18.4 Å². The molecule has 0 aromatic heterocycles. The first-order valence-electron chi connectivity index (χ1n) is 6.81. The summed E-state index contributed by atoms with van der Waals surface area (Å²) >= 11 is 0. The Bertz CT molecular complexity index is 434. The van der Waals surface area contributed by atoms with Gasteiger partial charge < -0.3 is 15.4 Å². The van der Waals surface area contributed by atoms with E-state index in [1.165, 1.54) is 5.56 Å². The normalized spacial score (nSPS) is 22.8. The predicted molar refractivity (Wildman–Crippen MR) is 75.3 cm³/mol. The van der Waals surface area contributed by atoms with E-state index in [4.69, 9.17) is 4.74 Å². The molecular weight excluding hydrogens is 240 g/mol. The number of methoxy groups -OCH3 is 1. The Balaban J connectivity index is 1.96. The van der Waals surface area contributed by atoms with E-state index < -0.39 is 0 Å². The molecule has 0 radical (unpaired) electrons. The Morgan fingerprint density at radius 2 is 2.37 bits per heavy atom. The molecule has 1 aromatic carbocycles. The molecule has 4 nitrogen and oxygen atoms in total. The van der Waals surface area contributed by atoms with Crippen LogP contribution in [0, 0.1) is 5.92 Å². The number of likely N-dealkylation sites (N-methyl/N-ethyl adjacent to an activating group) is 1. The van der Waals surface area contributed by atoms with Gasteiger partial charge in [-0.15, -0.1) is 0 Å². The molecule has 1 heterocycles. The summed E-state index contributed by atoms with van der Waals surface area (Å²) in [4.78, 5) is 11.7. The van der Waals surface area contributed by atoms with E-state index in [0.29, 0.717) is 5.92 Å². The van der Waals surface area contributed by atoms with Gasteiger partial charge in [0.05, 0.1) is 13.2 Å². The summed E-state index contributed by atoms with van der Waals surface area (Å²) in [6.07, 6.45) is 3.02. The van der Waals surface area contributed by atoms with E-state index in [-0.39, 0.29) is 11.9 Å². The van der Waals surface area contributed by atoms with Crippen LogP contribution in [0.2, 0.25) is 0 Å². The highest BCUT2D eigenvalue weighted by Gasteiger charge is 2.26. The summed E-state index contributed by atoms with van der Waals surface area (Å²) in [6.45, 7) is 0.909. The van der Waals surface area contributed by atoms with Gasteiger partial charge in [0.1, 0.15) is 5.75 Å². The molecule has 0 bridgehead atoms. The number of carbonyl (C=O) groups excluding carboxylic acids is 1. The molecule has 2 atom stereocenters. The summed E-state index contributed by atoms with van der Waals surface area (Å²) in [5.74, 6) is 1.54. The third kappa shape index (κ3) is 3.70. The van der Waals surface area contributed by atoms with Gasteiger partial charge in [-0.3, -0.25) is 4.79 Å². The van der Waals surface area contributed by atoms with Gasteiger partial charge in [0.2, 0.25) is 5.91 Å². The molecule has 104 valence electrons. The largest absolute Gasteiger partial charge is 0.497 e. The van der Waals surface area contributed by atoms with Crippen molar-refractivity contribution in [3.8, 4) is 5.75 Å². The summed E-state index contributed by atoms with van der Waals surface area (Å²) in [7, 11) is 3.38. The number of carbonyl (C=O) groups is 1. The standard InChI is InChI=1S/C15H22N2O2/c1-16-15(18)14-10-12(6-7-17-14)8-11-4-3-5-13(9-11)19-2/h3-5,9,12,14,17H,6-8,10H2,1-2H3,(H,16,18). The molecule has 19 heavy (non-hydrogen) atoms. The second kappa shape index (κ2) is 6.57. The third-order valence-electron chi connectivity index (χ3n) is 3.73. The molecular formula is C15H22N2O2. The number of hydrogen-bond acceptors (Lipinski definition) is 3. The van der Waals surface area contributed by atoms with Crippen molar-refractivity contribution in [2.24, 2.45) is 5.92 Å². The second-order valence-corrected chi connectivity index (χ2v) is 5.07. The fourth-order valence-corrected chi connectivity index (χ4v) is 2.69. The second-order valence-electron chi connectivity index (χ2n) is 5.07. The first kappa shape index (κ1) is 13.9. The van der Waals surface area contributed by atoms with E-state index in [0.717, 1.165) is 31.6 Å². The summed E-state index contributed by atoms with van der Waals surface area (Å²) in [5, 5.41) is 5.99. The van der Waals surface area contributed by atoms with Gasteiger partial charge in [-0.2, -0.15) is 0 Å². The van der Waals surface area contributed by atoms with Gasteiger partial charge >= 0.3 is 0 Å². The predicted octanol–water partition coefficient (Wildman–Crippen LogP) is 1.35. The number of benzene rings is 1. The maximum atomic E-state index is 11.7. The van der Waals surface area contributed by atoms with Crippen molar-refractivity contribution < 1.29 is 9.53 Å². The van der Waals surface area contributed by atoms with Crippen molar-refractivity contribution in [3.63, 3.8) is 0 Å². The highest BCUT2D eigenvalue weighted by Crippen LogP contribution is 2.23. The average Bonchev–Trinajstić information content (AvgIpc) is 2.47. The molecule has 0 saturated carbocycles. The zero-order valence-corrected chi connectivity index (χ0v) is 11.6. The van der Waals surface area contributed by atoms with Crippen molar-refractivity contribution >= 4 is 5.91 Å². The Morgan fingerprint density at radius 3 is 3.11 bits per heavy atom. The minimum Gasteiger partial charge on any atom is -0.497 e. The van der Waals surface area contributed by atoms with Gasteiger partial charge in [-0.25, -0.2) is 0 Å². The molecule has 1 aliphatic rings. The quantitative estimate of drug-likeness (QED) is 0.861. The minimum atomic E-state index is -0.0469. The number of nitrogens with one attached hydrogen (secondary N) is 2. The number of amides is 1. The van der Waals surface area contributed by atoms with Crippen molar-refractivity contribution in [2.45, 2.75) is 25.3 Å². The first-order chi connectivity index (χ1) is 9.22. The molecule has 2 N–H and O–H groups in total. The van der Waals surface area contributed by atoms with Crippen LogP contribution in [0.4, 0.5) is 0 Å². The van der Waals surface area contributed by atoms with E-state index in [9.17, 15) is 4.79 Å². The lowest BCUT2D eigenvalue weighted by atomic mass is 9.87. The van der Waals surface area contributed by atoms with Gasteiger partial charge in [-0.05, 0) is 49.4 Å². The fourth-order valence-electron chi connectivity index (χ4n) is 2.69. The summed E-state index contributed by atoms with van der Waals surface area (Å²) < 4.78 is 5.24. The van der Waals surface area contributed by atoms with Crippen molar-refractivity contribution in [3.05, 3.63) is 29.8 Å². The number of ether oxygens (including phenoxy) is 1. The molecule has 0 spiro atoms. The van der Waals surface area contributed by atoms with Crippen LogP contribution in [0.15, 0.2) is 24.3 Å². The molecule has 4 heteroatoms. The lowest BCUT2D eigenvalue weighted by Gasteiger charge is -2.29. The monoisotopic (exact) mass is 262 g/mol. The fraction of sp³-hybridized carbons (Fsp3) is 0.533. The zero-order chi connectivity index (χ0) is 13.7. The van der Waals surface area contributed by atoms with Crippen LogP contribution in [0.25, 0.3) is 0 Å². The Labute approximate surface area is 114 Å². The molecule has 1 amide bonds. The Hall–Kier alpha value is -1.55. The lowest BCUT2D eigenvalue weighted by Crippen LogP contribution is -2.48. The summed E-state index contributed by atoms with van der Waals surface area (Å²) in [5.41, 5.74) is 1.28. The van der Waals surface area contributed by atoms with E-state index >= 15 is 0 Å². The van der Waals surface area contributed by atoms with Crippen molar-refractivity contribution in [1.29, 1.82) is 0 Å². The van der Waals surface area contributed by atoms with Crippen LogP contribution in [-0.4, -0.2) is 32.7 Å². The molecule has 1 aromatic rings. The van der Waals surface area contributed by atoms with E-state index in [1.807, 2.05) is 12.1 Å². The first-order valence-corrected chi connectivity index (χ1v) is 6.81. The number of rotatable bonds is 4. The number of piperidine rings is 1. The van der Waals surface area contributed by atoms with Gasteiger partial charge in [0.25, 0.3) is 0 Å². The lowest BCUT2D eigenvalue weighted by molar-refractivity contribution is -0.123.